The molecule has 5 rings (SSSR count). The Morgan fingerprint density at radius 1 is 0.900 bits per heavy atom. The first-order valence-electron chi connectivity index (χ1n) is 10.1. The number of ether oxygens (including phenoxy) is 2. The van der Waals surface area contributed by atoms with Crippen molar-refractivity contribution < 1.29 is 14.3 Å². The maximum atomic E-state index is 13.3. The summed E-state index contributed by atoms with van der Waals surface area (Å²) < 4.78 is 11.7. The minimum Gasteiger partial charge on any atom is -0.461 e. The standard InChI is InChI=1S/C26H23NO3/c1-26(2,3)30-25(28)27-22-13-6-7-14-24(22)29-16-23(27)20-12-8-11-19-18-10-5-4-9-17(18)15-21(19)20/h4-14,16H,15H2,1-3H3. The molecule has 0 atom stereocenters. The minimum atomic E-state index is -0.607. The van der Waals surface area contributed by atoms with Gasteiger partial charge in [-0.05, 0) is 61.6 Å². The molecule has 1 amide bonds. The number of anilines is 1. The highest BCUT2D eigenvalue weighted by molar-refractivity contribution is 6.05. The molecule has 0 spiro atoms. The molecular formula is C26H23NO3. The predicted molar refractivity (Wildman–Crippen MR) is 118 cm³/mol. The third-order valence-corrected chi connectivity index (χ3v) is 5.35. The zero-order valence-corrected chi connectivity index (χ0v) is 17.3. The molecule has 0 radical (unpaired) electrons. The van der Waals surface area contributed by atoms with Crippen LogP contribution < -0.4 is 9.64 Å². The Hall–Kier alpha value is -3.53. The number of hydrogen-bond acceptors (Lipinski definition) is 3. The fourth-order valence-electron chi connectivity index (χ4n) is 4.13. The topological polar surface area (TPSA) is 38.8 Å². The molecule has 0 N–H and O–H groups in total. The summed E-state index contributed by atoms with van der Waals surface area (Å²) in [6, 6.07) is 22.2. The van der Waals surface area contributed by atoms with Gasteiger partial charge in [0.1, 0.15) is 11.9 Å². The molecule has 0 unspecified atom stereocenters. The van der Waals surface area contributed by atoms with Crippen LogP contribution in [0.2, 0.25) is 0 Å². The van der Waals surface area contributed by atoms with Crippen molar-refractivity contribution >= 4 is 17.5 Å². The van der Waals surface area contributed by atoms with Crippen LogP contribution in [0.5, 0.6) is 5.75 Å². The van der Waals surface area contributed by atoms with E-state index in [0.717, 1.165) is 12.0 Å². The number of fused-ring (bicyclic) bond motifs is 4. The van der Waals surface area contributed by atoms with E-state index in [-0.39, 0.29) is 0 Å². The van der Waals surface area contributed by atoms with Crippen molar-refractivity contribution in [2.75, 3.05) is 4.90 Å². The van der Waals surface area contributed by atoms with E-state index in [9.17, 15) is 4.79 Å². The molecule has 0 saturated heterocycles. The van der Waals surface area contributed by atoms with Crippen molar-refractivity contribution in [3.63, 3.8) is 0 Å². The summed E-state index contributed by atoms with van der Waals surface area (Å²) in [4.78, 5) is 14.9. The molecule has 3 aromatic rings. The molecule has 0 saturated carbocycles. The fraction of sp³-hybridized carbons (Fsp3) is 0.192. The zero-order valence-electron chi connectivity index (χ0n) is 17.3. The monoisotopic (exact) mass is 397 g/mol. The SMILES string of the molecule is CC(C)(C)OC(=O)N1C(c2cccc3c2Cc2ccccc2-3)=COc2ccccc21. The van der Waals surface area contributed by atoms with Crippen LogP contribution in [-0.4, -0.2) is 11.7 Å². The van der Waals surface area contributed by atoms with Crippen LogP contribution in [0.15, 0.2) is 73.0 Å². The molecule has 150 valence electrons. The molecule has 4 nitrogen and oxygen atoms in total. The zero-order chi connectivity index (χ0) is 20.9. The van der Waals surface area contributed by atoms with E-state index in [1.807, 2.05) is 57.2 Å². The Balaban J connectivity index is 1.64. The van der Waals surface area contributed by atoms with Gasteiger partial charge in [-0.25, -0.2) is 9.69 Å². The highest BCUT2D eigenvalue weighted by atomic mass is 16.6. The first kappa shape index (κ1) is 18.5. The van der Waals surface area contributed by atoms with E-state index >= 15 is 0 Å². The summed E-state index contributed by atoms with van der Waals surface area (Å²) in [5, 5.41) is 0. The van der Waals surface area contributed by atoms with Gasteiger partial charge >= 0.3 is 6.09 Å². The van der Waals surface area contributed by atoms with Crippen LogP contribution in [0.3, 0.4) is 0 Å². The predicted octanol–water partition coefficient (Wildman–Crippen LogP) is 6.39. The van der Waals surface area contributed by atoms with Crippen LogP contribution in [0.25, 0.3) is 16.8 Å². The number of nitrogens with zero attached hydrogens (tertiary/aromatic N) is 1. The molecule has 0 aromatic heterocycles. The van der Waals surface area contributed by atoms with Crippen molar-refractivity contribution in [3.8, 4) is 16.9 Å². The maximum Gasteiger partial charge on any atom is 0.419 e. The lowest BCUT2D eigenvalue weighted by molar-refractivity contribution is 0.0598. The summed E-state index contributed by atoms with van der Waals surface area (Å²) in [7, 11) is 0. The van der Waals surface area contributed by atoms with Gasteiger partial charge in [0.25, 0.3) is 0 Å². The van der Waals surface area contributed by atoms with Gasteiger partial charge in [-0.2, -0.15) is 0 Å². The second kappa shape index (κ2) is 6.77. The first-order valence-corrected chi connectivity index (χ1v) is 10.1. The van der Waals surface area contributed by atoms with Crippen molar-refractivity contribution in [2.24, 2.45) is 0 Å². The highest BCUT2D eigenvalue weighted by Crippen LogP contribution is 2.44. The van der Waals surface area contributed by atoms with E-state index in [0.29, 0.717) is 17.1 Å². The minimum absolute atomic E-state index is 0.419. The Kier molecular flexibility index (Phi) is 4.17. The van der Waals surface area contributed by atoms with Crippen molar-refractivity contribution in [2.45, 2.75) is 32.8 Å². The number of carbonyl (C=O) groups is 1. The Bertz CT molecular complexity index is 1190. The fourth-order valence-corrected chi connectivity index (χ4v) is 4.13. The Labute approximate surface area is 176 Å². The Morgan fingerprint density at radius 2 is 1.60 bits per heavy atom. The molecule has 30 heavy (non-hydrogen) atoms. The molecule has 0 fully saturated rings. The Morgan fingerprint density at radius 3 is 2.43 bits per heavy atom. The number of carbonyl (C=O) groups excluding carboxylic acids is 1. The third-order valence-electron chi connectivity index (χ3n) is 5.35. The number of para-hydroxylation sites is 2. The van der Waals surface area contributed by atoms with Crippen LogP contribution in [0.4, 0.5) is 10.5 Å². The van der Waals surface area contributed by atoms with Crippen molar-refractivity contribution in [1.82, 2.24) is 0 Å². The van der Waals surface area contributed by atoms with Gasteiger partial charge in [0.15, 0.2) is 5.75 Å². The van der Waals surface area contributed by atoms with Crippen molar-refractivity contribution in [1.29, 1.82) is 0 Å². The van der Waals surface area contributed by atoms with E-state index < -0.39 is 11.7 Å². The largest absolute Gasteiger partial charge is 0.461 e. The highest BCUT2D eigenvalue weighted by Gasteiger charge is 2.34. The summed E-state index contributed by atoms with van der Waals surface area (Å²) in [6.45, 7) is 5.62. The smallest absolute Gasteiger partial charge is 0.419 e. The van der Waals surface area contributed by atoms with E-state index in [4.69, 9.17) is 9.47 Å². The van der Waals surface area contributed by atoms with Crippen molar-refractivity contribution in [3.05, 3.63) is 89.7 Å². The first-order chi connectivity index (χ1) is 14.4. The van der Waals surface area contributed by atoms with Gasteiger partial charge in [-0.15, -0.1) is 0 Å². The second-order valence-corrected chi connectivity index (χ2v) is 8.57. The average Bonchev–Trinajstić information content (AvgIpc) is 3.10. The number of benzene rings is 3. The van der Waals surface area contributed by atoms with Crippen LogP contribution in [0, 0.1) is 0 Å². The summed E-state index contributed by atoms with van der Waals surface area (Å²) in [5.41, 5.74) is 6.67. The quantitative estimate of drug-likeness (QED) is 0.373. The summed E-state index contributed by atoms with van der Waals surface area (Å²) in [5.74, 6) is 0.628. The maximum absolute atomic E-state index is 13.3. The lowest BCUT2D eigenvalue weighted by atomic mass is 9.98. The molecule has 1 heterocycles. The molecule has 1 aliphatic heterocycles. The van der Waals surface area contributed by atoms with E-state index in [1.165, 1.54) is 22.3 Å². The van der Waals surface area contributed by atoms with Gasteiger partial charge in [-0.1, -0.05) is 54.6 Å². The van der Waals surface area contributed by atoms with Gasteiger partial charge in [0, 0.05) is 5.56 Å². The molecule has 1 aliphatic carbocycles. The number of rotatable bonds is 1. The lowest BCUT2D eigenvalue weighted by Gasteiger charge is -2.32. The van der Waals surface area contributed by atoms with Gasteiger partial charge < -0.3 is 9.47 Å². The van der Waals surface area contributed by atoms with Crippen LogP contribution >= 0.6 is 0 Å². The number of hydrogen-bond donors (Lipinski definition) is 0. The van der Waals surface area contributed by atoms with Crippen LogP contribution in [-0.2, 0) is 11.2 Å². The van der Waals surface area contributed by atoms with Gasteiger partial charge in [0.05, 0.1) is 11.4 Å². The van der Waals surface area contributed by atoms with E-state index in [2.05, 4.69) is 30.3 Å². The lowest BCUT2D eigenvalue weighted by Crippen LogP contribution is -2.37. The molecule has 4 heteroatoms. The molecule has 0 bridgehead atoms. The molecule has 2 aliphatic rings. The number of amides is 1. The van der Waals surface area contributed by atoms with Gasteiger partial charge in [-0.3, -0.25) is 0 Å². The normalized spacial score (nSPS) is 14.2. The van der Waals surface area contributed by atoms with E-state index in [1.54, 1.807) is 11.2 Å². The average molecular weight is 397 g/mol. The van der Waals surface area contributed by atoms with Gasteiger partial charge in [0.2, 0.25) is 0 Å². The molecule has 3 aromatic carbocycles. The second-order valence-electron chi connectivity index (χ2n) is 8.57. The summed E-state index contributed by atoms with van der Waals surface area (Å²) >= 11 is 0. The molecular weight excluding hydrogens is 374 g/mol. The van der Waals surface area contributed by atoms with Crippen LogP contribution in [0.1, 0.15) is 37.5 Å². The third kappa shape index (κ3) is 3.05. The summed E-state index contributed by atoms with van der Waals surface area (Å²) in [6.07, 6.45) is 2.06.